The van der Waals surface area contributed by atoms with Gasteiger partial charge in [-0.25, -0.2) is 4.98 Å². The minimum atomic E-state index is -0.204. The highest BCUT2D eigenvalue weighted by atomic mass is 35.5. The van der Waals surface area contributed by atoms with Crippen LogP contribution in [0.25, 0.3) is 0 Å². The molecule has 0 fully saturated rings. The van der Waals surface area contributed by atoms with Crippen molar-refractivity contribution in [1.82, 2.24) is 10.3 Å². The Kier molecular flexibility index (Phi) is 4.99. The topological polar surface area (TPSA) is 42.0 Å². The first-order chi connectivity index (χ1) is 9.58. The van der Waals surface area contributed by atoms with Gasteiger partial charge in [0.25, 0.3) is 5.91 Å². The zero-order valence-electron chi connectivity index (χ0n) is 11.0. The molecule has 0 saturated carbocycles. The number of aromatic nitrogens is 1. The predicted octanol–water partition coefficient (Wildman–Crippen LogP) is 3.67. The molecule has 2 aromatic rings. The van der Waals surface area contributed by atoms with E-state index in [1.807, 2.05) is 12.1 Å². The molecule has 1 heterocycles. The van der Waals surface area contributed by atoms with Gasteiger partial charge >= 0.3 is 0 Å². The summed E-state index contributed by atoms with van der Waals surface area (Å²) in [6, 6.07) is 9.62. The summed E-state index contributed by atoms with van der Waals surface area (Å²) in [5, 5.41) is 3.31. The fourth-order valence-corrected chi connectivity index (χ4v) is 2.12. The van der Waals surface area contributed by atoms with Crippen LogP contribution >= 0.6 is 23.2 Å². The number of halogens is 2. The lowest BCUT2D eigenvalue weighted by molar-refractivity contribution is 0.0954. The fraction of sp³-hybridized carbons (Fsp3) is 0.200. The van der Waals surface area contributed by atoms with Crippen molar-refractivity contribution in [2.75, 3.05) is 6.54 Å². The summed E-state index contributed by atoms with van der Waals surface area (Å²) >= 11 is 11.5. The average molecular weight is 309 g/mol. The van der Waals surface area contributed by atoms with E-state index in [0.717, 1.165) is 6.42 Å². The molecule has 0 spiro atoms. The monoisotopic (exact) mass is 308 g/mol. The molecule has 1 N–H and O–H groups in total. The van der Waals surface area contributed by atoms with Gasteiger partial charge in [-0.15, -0.1) is 0 Å². The van der Waals surface area contributed by atoms with Gasteiger partial charge < -0.3 is 5.32 Å². The van der Waals surface area contributed by atoms with Crippen molar-refractivity contribution in [2.45, 2.75) is 13.3 Å². The molecule has 1 aromatic heterocycles. The Morgan fingerprint density at radius 3 is 2.75 bits per heavy atom. The molecule has 5 heteroatoms. The van der Waals surface area contributed by atoms with Crippen molar-refractivity contribution in [2.24, 2.45) is 0 Å². The lowest BCUT2D eigenvalue weighted by Crippen LogP contribution is -2.26. The van der Waals surface area contributed by atoms with Crippen LogP contribution in [-0.2, 0) is 6.42 Å². The van der Waals surface area contributed by atoms with Crippen LogP contribution in [0, 0.1) is 6.92 Å². The van der Waals surface area contributed by atoms with Crippen LogP contribution in [0.5, 0.6) is 0 Å². The highest BCUT2D eigenvalue weighted by molar-refractivity contribution is 6.41. The van der Waals surface area contributed by atoms with Crippen LogP contribution < -0.4 is 5.32 Å². The van der Waals surface area contributed by atoms with Gasteiger partial charge in [0.1, 0.15) is 5.15 Å². The quantitative estimate of drug-likeness (QED) is 0.876. The molecule has 2 rings (SSSR count). The maximum Gasteiger partial charge on any atom is 0.252 e. The van der Waals surface area contributed by atoms with Crippen molar-refractivity contribution in [1.29, 1.82) is 0 Å². The number of carbonyl (C=O) groups excluding carboxylic acids is 1. The lowest BCUT2D eigenvalue weighted by Gasteiger charge is -2.07. The van der Waals surface area contributed by atoms with Gasteiger partial charge in [0.15, 0.2) is 0 Å². The summed E-state index contributed by atoms with van der Waals surface area (Å²) in [7, 11) is 0. The van der Waals surface area contributed by atoms with E-state index in [1.54, 1.807) is 0 Å². The van der Waals surface area contributed by atoms with E-state index >= 15 is 0 Å². The van der Waals surface area contributed by atoms with Crippen LogP contribution in [0.3, 0.4) is 0 Å². The summed E-state index contributed by atoms with van der Waals surface area (Å²) in [6.07, 6.45) is 2.20. The van der Waals surface area contributed by atoms with E-state index in [9.17, 15) is 4.79 Å². The van der Waals surface area contributed by atoms with Crippen molar-refractivity contribution in [3.63, 3.8) is 0 Å². The average Bonchev–Trinajstić information content (AvgIpc) is 2.44. The Morgan fingerprint density at radius 1 is 1.30 bits per heavy atom. The van der Waals surface area contributed by atoms with Crippen molar-refractivity contribution in [3.05, 3.63) is 63.4 Å². The number of carbonyl (C=O) groups is 1. The number of aryl methyl sites for hydroxylation is 1. The van der Waals surface area contributed by atoms with Crippen LogP contribution in [0.1, 0.15) is 21.5 Å². The minimum Gasteiger partial charge on any atom is -0.352 e. The molecule has 0 unspecified atom stereocenters. The molecule has 0 aliphatic heterocycles. The van der Waals surface area contributed by atoms with E-state index in [2.05, 4.69) is 29.4 Å². The first-order valence-electron chi connectivity index (χ1n) is 6.21. The smallest absolute Gasteiger partial charge is 0.252 e. The van der Waals surface area contributed by atoms with Crippen molar-refractivity contribution < 1.29 is 4.79 Å². The Morgan fingerprint density at radius 2 is 2.05 bits per heavy atom. The SMILES string of the molecule is Cc1ccccc1CCNC(=O)c1cnc(Cl)c(Cl)c1. The second-order valence-electron chi connectivity index (χ2n) is 4.43. The van der Waals surface area contributed by atoms with Crippen LogP contribution in [0.4, 0.5) is 0 Å². The number of amides is 1. The molecule has 0 aliphatic carbocycles. The largest absolute Gasteiger partial charge is 0.352 e. The van der Waals surface area contributed by atoms with Gasteiger partial charge in [0, 0.05) is 12.7 Å². The van der Waals surface area contributed by atoms with Gasteiger partial charge in [-0.1, -0.05) is 47.5 Å². The molecule has 104 valence electrons. The van der Waals surface area contributed by atoms with Crippen LogP contribution in [-0.4, -0.2) is 17.4 Å². The first kappa shape index (κ1) is 14.8. The lowest BCUT2D eigenvalue weighted by atomic mass is 10.1. The van der Waals surface area contributed by atoms with Gasteiger partial charge in [0.05, 0.1) is 10.6 Å². The number of rotatable bonds is 4. The molecule has 3 nitrogen and oxygen atoms in total. The summed E-state index contributed by atoms with van der Waals surface area (Å²) in [5.41, 5.74) is 2.85. The number of nitrogens with one attached hydrogen (secondary N) is 1. The van der Waals surface area contributed by atoms with Crippen LogP contribution in [0.2, 0.25) is 10.2 Å². The number of hydrogen-bond acceptors (Lipinski definition) is 2. The van der Waals surface area contributed by atoms with Gasteiger partial charge in [0.2, 0.25) is 0 Å². The Labute approximate surface area is 127 Å². The van der Waals surface area contributed by atoms with Crippen molar-refractivity contribution >= 4 is 29.1 Å². The summed E-state index contributed by atoms with van der Waals surface area (Å²) in [4.78, 5) is 15.8. The first-order valence-corrected chi connectivity index (χ1v) is 6.97. The van der Waals surface area contributed by atoms with Gasteiger partial charge in [-0.05, 0) is 30.5 Å². The Bertz CT molecular complexity index is 629. The molecule has 1 amide bonds. The number of benzene rings is 1. The molecule has 0 aliphatic rings. The Balaban J connectivity index is 1.92. The number of hydrogen-bond donors (Lipinski definition) is 1. The summed E-state index contributed by atoms with van der Waals surface area (Å²) in [6.45, 7) is 2.62. The Hall–Kier alpha value is -1.58. The molecule has 0 atom stereocenters. The third kappa shape index (κ3) is 3.71. The highest BCUT2D eigenvalue weighted by Crippen LogP contribution is 2.19. The molecule has 20 heavy (non-hydrogen) atoms. The van der Waals surface area contributed by atoms with Crippen LogP contribution in [0.15, 0.2) is 36.5 Å². The molecule has 0 saturated heterocycles. The van der Waals surface area contributed by atoms with E-state index in [0.29, 0.717) is 12.1 Å². The normalized spacial score (nSPS) is 10.3. The highest BCUT2D eigenvalue weighted by Gasteiger charge is 2.08. The van der Waals surface area contributed by atoms with Gasteiger partial charge in [-0.2, -0.15) is 0 Å². The van der Waals surface area contributed by atoms with E-state index in [-0.39, 0.29) is 16.1 Å². The number of pyridine rings is 1. The minimum absolute atomic E-state index is 0.197. The second kappa shape index (κ2) is 6.73. The molecule has 1 aromatic carbocycles. The van der Waals surface area contributed by atoms with Gasteiger partial charge in [-0.3, -0.25) is 4.79 Å². The maximum atomic E-state index is 11.9. The zero-order valence-corrected chi connectivity index (χ0v) is 12.5. The maximum absolute atomic E-state index is 11.9. The standard InChI is InChI=1S/C15H14Cl2N2O/c1-10-4-2-3-5-11(10)6-7-18-15(20)12-8-13(16)14(17)19-9-12/h2-5,8-9H,6-7H2,1H3,(H,18,20). The fourth-order valence-electron chi connectivity index (χ4n) is 1.85. The second-order valence-corrected chi connectivity index (χ2v) is 5.19. The van der Waals surface area contributed by atoms with E-state index in [1.165, 1.54) is 23.4 Å². The number of nitrogens with zero attached hydrogens (tertiary/aromatic N) is 1. The third-order valence-corrected chi connectivity index (χ3v) is 3.69. The molecular formula is C15H14Cl2N2O. The zero-order chi connectivity index (χ0) is 14.5. The van der Waals surface area contributed by atoms with E-state index in [4.69, 9.17) is 23.2 Å². The molecular weight excluding hydrogens is 295 g/mol. The summed E-state index contributed by atoms with van der Waals surface area (Å²) < 4.78 is 0. The van der Waals surface area contributed by atoms with Crippen molar-refractivity contribution in [3.8, 4) is 0 Å². The molecule has 0 bridgehead atoms. The molecule has 0 radical (unpaired) electrons. The summed E-state index contributed by atoms with van der Waals surface area (Å²) in [5.74, 6) is -0.204. The predicted molar refractivity (Wildman–Crippen MR) is 81.5 cm³/mol. The van der Waals surface area contributed by atoms with E-state index < -0.39 is 0 Å². The third-order valence-electron chi connectivity index (χ3n) is 3.00.